The van der Waals surface area contributed by atoms with E-state index in [0.29, 0.717) is 12.5 Å². The Morgan fingerprint density at radius 1 is 1.05 bits per heavy atom. The number of hydrogen-bond donors (Lipinski definition) is 2. The van der Waals surface area contributed by atoms with E-state index in [1.165, 1.54) is 19.3 Å². The summed E-state index contributed by atoms with van der Waals surface area (Å²) in [6.07, 6.45) is 8.22. The summed E-state index contributed by atoms with van der Waals surface area (Å²) < 4.78 is 0. The van der Waals surface area contributed by atoms with Crippen LogP contribution in [0, 0.1) is 5.92 Å². The molecule has 2 N–H and O–H groups in total. The summed E-state index contributed by atoms with van der Waals surface area (Å²) in [5.74, 6) is 0.514. The molecule has 0 spiro atoms. The average Bonchev–Trinajstić information content (AvgIpc) is 2.53. The van der Waals surface area contributed by atoms with E-state index >= 15 is 0 Å². The molecule has 0 unspecified atom stereocenters. The van der Waals surface area contributed by atoms with Gasteiger partial charge in [0.1, 0.15) is 0 Å². The maximum absolute atomic E-state index is 12.3. The highest BCUT2D eigenvalue weighted by atomic mass is 35.5. The Morgan fingerprint density at radius 3 is 2.27 bits per heavy atom. The molecule has 128 valence electrons. The molecule has 0 radical (unpaired) electrons. The molecule has 2 rings (SSSR count). The second-order valence-electron chi connectivity index (χ2n) is 6.35. The summed E-state index contributed by atoms with van der Waals surface area (Å²) in [6, 6.07) is 0.390. The Balaban J connectivity index is 0.00000242. The molecular formula is C16H30ClN3O2. The first-order valence-corrected chi connectivity index (χ1v) is 8.43. The lowest BCUT2D eigenvalue weighted by Crippen LogP contribution is -2.46. The normalized spacial score (nSPS) is 20.3. The van der Waals surface area contributed by atoms with Gasteiger partial charge in [0.15, 0.2) is 0 Å². The number of rotatable bonds is 5. The van der Waals surface area contributed by atoms with Gasteiger partial charge in [-0.3, -0.25) is 9.59 Å². The quantitative estimate of drug-likeness (QED) is 0.806. The monoisotopic (exact) mass is 331 g/mol. The number of nitrogens with zero attached hydrogens (tertiary/aromatic N) is 1. The van der Waals surface area contributed by atoms with E-state index in [1.807, 2.05) is 11.9 Å². The third-order valence-corrected chi connectivity index (χ3v) is 4.76. The van der Waals surface area contributed by atoms with Gasteiger partial charge < -0.3 is 15.5 Å². The van der Waals surface area contributed by atoms with E-state index in [-0.39, 0.29) is 30.1 Å². The van der Waals surface area contributed by atoms with Crippen LogP contribution in [-0.4, -0.2) is 49.4 Å². The molecule has 5 nitrogen and oxygen atoms in total. The van der Waals surface area contributed by atoms with Gasteiger partial charge in [-0.15, -0.1) is 12.4 Å². The van der Waals surface area contributed by atoms with Gasteiger partial charge in [-0.1, -0.05) is 19.3 Å². The van der Waals surface area contributed by atoms with Gasteiger partial charge in [-0.2, -0.15) is 0 Å². The van der Waals surface area contributed by atoms with Crippen LogP contribution in [0.5, 0.6) is 0 Å². The molecule has 1 saturated carbocycles. The predicted molar refractivity (Wildman–Crippen MR) is 90.1 cm³/mol. The van der Waals surface area contributed by atoms with E-state index in [2.05, 4.69) is 10.6 Å². The number of likely N-dealkylation sites (tertiary alicyclic amines) is 1. The number of carbonyl (C=O) groups excluding carboxylic acids is 2. The van der Waals surface area contributed by atoms with Crippen LogP contribution >= 0.6 is 12.4 Å². The standard InChI is InChI=1S/C16H29N3O2.ClH/c1-17-10-7-15(20)19-11-8-13(9-12-19)16(21)18-14-5-3-2-4-6-14;/h13-14,17H,2-12H2,1H3,(H,18,21);1H. The molecule has 2 amide bonds. The van der Waals surface area contributed by atoms with Crippen molar-refractivity contribution in [3.63, 3.8) is 0 Å². The van der Waals surface area contributed by atoms with Crippen molar-refractivity contribution in [2.75, 3.05) is 26.7 Å². The highest BCUT2D eigenvalue weighted by Gasteiger charge is 2.28. The van der Waals surface area contributed by atoms with Gasteiger partial charge in [0.05, 0.1) is 0 Å². The Bertz CT molecular complexity index is 351. The molecular weight excluding hydrogens is 302 g/mol. The minimum atomic E-state index is 0. The van der Waals surface area contributed by atoms with E-state index in [4.69, 9.17) is 0 Å². The molecule has 0 bridgehead atoms. The number of nitrogens with one attached hydrogen (secondary N) is 2. The Kier molecular flexibility index (Phi) is 8.79. The minimum Gasteiger partial charge on any atom is -0.353 e. The zero-order valence-electron chi connectivity index (χ0n) is 13.6. The molecule has 1 saturated heterocycles. The van der Waals surface area contributed by atoms with Crippen molar-refractivity contribution in [3.8, 4) is 0 Å². The smallest absolute Gasteiger partial charge is 0.223 e. The van der Waals surface area contributed by atoms with Crippen molar-refractivity contribution >= 4 is 24.2 Å². The van der Waals surface area contributed by atoms with Crippen molar-refractivity contribution in [2.45, 2.75) is 57.4 Å². The lowest BCUT2D eigenvalue weighted by atomic mass is 9.92. The number of hydrogen-bond acceptors (Lipinski definition) is 3. The predicted octanol–water partition coefficient (Wildman–Crippen LogP) is 1.71. The second kappa shape index (κ2) is 10.1. The fourth-order valence-corrected chi connectivity index (χ4v) is 3.35. The third-order valence-electron chi connectivity index (χ3n) is 4.76. The van der Waals surface area contributed by atoms with Crippen molar-refractivity contribution in [1.29, 1.82) is 0 Å². The first kappa shape index (κ1) is 19.2. The second-order valence-corrected chi connectivity index (χ2v) is 6.35. The minimum absolute atomic E-state index is 0. The topological polar surface area (TPSA) is 61.4 Å². The lowest BCUT2D eigenvalue weighted by Gasteiger charge is -2.33. The van der Waals surface area contributed by atoms with Crippen molar-refractivity contribution < 1.29 is 9.59 Å². The Morgan fingerprint density at radius 2 is 1.68 bits per heavy atom. The molecule has 0 aromatic carbocycles. The molecule has 22 heavy (non-hydrogen) atoms. The summed E-state index contributed by atoms with van der Waals surface area (Å²) in [5.41, 5.74) is 0. The van der Waals surface area contributed by atoms with Crippen LogP contribution in [0.4, 0.5) is 0 Å². The zero-order valence-corrected chi connectivity index (χ0v) is 14.4. The number of carbonyl (C=O) groups is 2. The summed E-state index contributed by atoms with van der Waals surface area (Å²) in [5, 5.41) is 6.21. The SMILES string of the molecule is CNCCC(=O)N1CCC(C(=O)NC2CCCCC2)CC1.Cl. The van der Waals surface area contributed by atoms with Crippen LogP contribution in [0.2, 0.25) is 0 Å². The first-order valence-electron chi connectivity index (χ1n) is 8.43. The summed E-state index contributed by atoms with van der Waals surface area (Å²) in [6.45, 7) is 2.18. The van der Waals surface area contributed by atoms with Crippen LogP contribution in [0.1, 0.15) is 51.4 Å². The first-order chi connectivity index (χ1) is 10.2. The zero-order chi connectivity index (χ0) is 15.1. The van der Waals surface area contributed by atoms with Gasteiger partial charge in [-0.25, -0.2) is 0 Å². The fraction of sp³-hybridized carbons (Fsp3) is 0.875. The van der Waals surface area contributed by atoms with Crippen molar-refractivity contribution in [1.82, 2.24) is 15.5 Å². The molecule has 0 atom stereocenters. The van der Waals surface area contributed by atoms with Crippen LogP contribution in [-0.2, 0) is 9.59 Å². The summed E-state index contributed by atoms with van der Waals surface area (Å²) >= 11 is 0. The van der Waals surface area contributed by atoms with Crippen LogP contribution in [0.3, 0.4) is 0 Å². The van der Waals surface area contributed by atoms with E-state index < -0.39 is 0 Å². The molecule has 0 aromatic rings. The molecule has 0 aromatic heterocycles. The number of piperidine rings is 1. The third kappa shape index (κ3) is 5.76. The average molecular weight is 332 g/mol. The molecule has 6 heteroatoms. The van der Waals surface area contributed by atoms with Gasteiger partial charge in [0, 0.05) is 38.0 Å². The lowest BCUT2D eigenvalue weighted by molar-refractivity contribution is -0.135. The van der Waals surface area contributed by atoms with Gasteiger partial charge >= 0.3 is 0 Å². The van der Waals surface area contributed by atoms with Gasteiger partial charge in [0.2, 0.25) is 11.8 Å². The van der Waals surface area contributed by atoms with E-state index in [1.54, 1.807) is 0 Å². The summed E-state index contributed by atoms with van der Waals surface area (Å²) in [7, 11) is 1.86. The van der Waals surface area contributed by atoms with Gasteiger partial charge in [-0.05, 0) is 32.7 Å². The van der Waals surface area contributed by atoms with Gasteiger partial charge in [0.25, 0.3) is 0 Å². The Hall–Kier alpha value is -0.810. The largest absolute Gasteiger partial charge is 0.353 e. The number of halogens is 1. The van der Waals surface area contributed by atoms with Crippen molar-refractivity contribution in [2.24, 2.45) is 5.92 Å². The number of amides is 2. The molecule has 2 fully saturated rings. The highest BCUT2D eigenvalue weighted by Crippen LogP contribution is 2.21. The maximum Gasteiger partial charge on any atom is 0.223 e. The molecule has 1 aliphatic heterocycles. The summed E-state index contributed by atoms with van der Waals surface area (Å²) in [4.78, 5) is 26.1. The van der Waals surface area contributed by atoms with Crippen LogP contribution < -0.4 is 10.6 Å². The van der Waals surface area contributed by atoms with Crippen molar-refractivity contribution in [3.05, 3.63) is 0 Å². The van der Waals surface area contributed by atoms with Crippen LogP contribution in [0.25, 0.3) is 0 Å². The molecule has 1 aliphatic carbocycles. The fourth-order valence-electron chi connectivity index (χ4n) is 3.35. The van der Waals surface area contributed by atoms with E-state index in [0.717, 1.165) is 45.3 Å². The van der Waals surface area contributed by atoms with E-state index in [9.17, 15) is 9.59 Å². The Labute approximate surface area is 140 Å². The van der Waals surface area contributed by atoms with Crippen LogP contribution in [0.15, 0.2) is 0 Å². The molecule has 1 heterocycles. The maximum atomic E-state index is 12.3. The molecule has 2 aliphatic rings. The highest BCUT2D eigenvalue weighted by molar-refractivity contribution is 5.85.